The van der Waals surface area contributed by atoms with Crippen LogP contribution >= 0.6 is 0 Å². The van der Waals surface area contributed by atoms with Crippen LogP contribution in [0.4, 0.5) is 5.69 Å². The van der Waals surface area contributed by atoms with Crippen LogP contribution in [0.1, 0.15) is 51.0 Å². The number of amides is 1. The second-order valence-corrected chi connectivity index (χ2v) is 7.82. The molecule has 2 aliphatic heterocycles. The largest absolute Gasteiger partial charge is 0.372 e. The highest BCUT2D eigenvalue weighted by molar-refractivity contribution is 5.78. The number of benzene rings is 1. The molecule has 2 saturated heterocycles. The lowest BCUT2D eigenvalue weighted by molar-refractivity contribution is -0.135. The first kappa shape index (κ1) is 18.2. The smallest absolute Gasteiger partial charge is 0.236 e. The van der Waals surface area contributed by atoms with Crippen LogP contribution in [0.5, 0.6) is 0 Å². The van der Waals surface area contributed by atoms with Crippen LogP contribution < -0.4 is 4.90 Å². The second kappa shape index (κ2) is 8.70. The van der Waals surface area contributed by atoms with E-state index in [0.29, 0.717) is 12.6 Å². The number of anilines is 1. The van der Waals surface area contributed by atoms with Crippen molar-refractivity contribution in [3.05, 3.63) is 29.8 Å². The summed E-state index contributed by atoms with van der Waals surface area (Å²) >= 11 is 0. The van der Waals surface area contributed by atoms with E-state index < -0.39 is 0 Å². The predicted molar refractivity (Wildman–Crippen MR) is 104 cm³/mol. The number of likely N-dealkylation sites (tertiary alicyclic amines) is 1. The Morgan fingerprint density at radius 2 is 1.72 bits per heavy atom. The topological polar surface area (TPSA) is 26.8 Å². The molecule has 2 aliphatic rings. The molecule has 138 valence electrons. The van der Waals surface area contributed by atoms with Gasteiger partial charge in [0, 0.05) is 37.9 Å². The van der Waals surface area contributed by atoms with Gasteiger partial charge in [-0.05, 0) is 70.2 Å². The van der Waals surface area contributed by atoms with Gasteiger partial charge in [0.05, 0.1) is 6.54 Å². The monoisotopic (exact) mass is 343 g/mol. The highest BCUT2D eigenvalue weighted by Gasteiger charge is 2.23. The van der Waals surface area contributed by atoms with Gasteiger partial charge >= 0.3 is 0 Å². The lowest BCUT2D eigenvalue weighted by atomic mass is 10.0. The van der Waals surface area contributed by atoms with E-state index >= 15 is 0 Å². The Hall–Kier alpha value is -1.55. The van der Waals surface area contributed by atoms with Gasteiger partial charge in [0.1, 0.15) is 0 Å². The van der Waals surface area contributed by atoms with Crippen LogP contribution in [0.2, 0.25) is 0 Å². The third kappa shape index (κ3) is 4.97. The molecule has 4 nitrogen and oxygen atoms in total. The molecule has 0 radical (unpaired) electrons. The summed E-state index contributed by atoms with van der Waals surface area (Å²) in [5.41, 5.74) is 2.62. The van der Waals surface area contributed by atoms with Gasteiger partial charge in [-0.3, -0.25) is 9.69 Å². The van der Waals surface area contributed by atoms with Crippen molar-refractivity contribution in [1.29, 1.82) is 0 Å². The van der Waals surface area contributed by atoms with Gasteiger partial charge in [-0.25, -0.2) is 0 Å². The van der Waals surface area contributed by atoms with Crippen molar-refractivity contribution in [3.63, 3.8) is 0 Å². The van der Waals surface area contributed by atoms with Gasteiger partial charge in [-0.2, -0.15) is 0 Å². The molecule has 1 unspecified atom stereocenters. The van der Waals surface area contributed by atoms with E-state index in [1.54, 1.807) is 0 Å². The van der Waals surface area contributed by atoms with Crippen LogP contribution in [0.25, 0.3) is 0 Å². The fraction of sp³-hybridized carbons (Fsp3) is 0.667. The number of likely N-dealkylation sites (N-methyl/N-ethyl adjacent to an activating group) is 1. The molecule has 0 bridgehead atoms. The molecular formula is C21H33N3O. The molecule has 4 heteroatoms. The van der Waals surface area contributed by atoms with Gasteiger partial charge < -0.3 is 9.80 Å². The Kier molecular flexibility index (Phi) is 6.35. The SMILES string of the molecule is CC1CCCCN1C(=O)CN(C)Cc1ccc(N2CCCCC2)cc1. The van der Waals surface area contributed by atoms with Crippen molar-refractivity contribution < 1.29 is 4.79 Å². The summed E-state index contributed by atoms with van der Waals surface area (Å²) in [4.78, 5) is 19.2. The maximum atomic E-state index is 12.5. The third-order valence-corrected chi connectivity index (χ3v) is 5.64. The molecule has 2 fully saturated rings. The van der Waals surface area contributed by atoms with E-state index in [0.717, 1.165) is 25.9 Å². The molecule has 1 aromatic carbocycles. The first-order chi connectivity index (χ1) is 12.1. The standard InChI is InChI=1S/C21H33N3O/c1-18-8-4-7-15-24(18)21(25)17-22(2)16-19-9-11-20(12-10-19)23-13-5-3-6-14-23/h9-12,18H,3-8,13-17H2,1-2H3. The maximum Gasteiger partial charge on any atom is 0.236 e. The molecule has 25 heavy (non-hydrogen) atoms. The molecule has 0 saturated carbocycles. The van der Waals surface area contributed by atoms with Crippen molar-refractivity contribution in [2.24, 2.45) is 0 Å². The lowest BCUT2D eigenvalue weighted by Gasteiger charge is -2.34. The van der Waals surface area contributed by atoms with Crippen molar-refractivity contribution in [1.82, 2.24) is 9.80 Å². The number of carbonyl (C=O) groups is 1. The van der Waals surface area contributed by atoms with Crippen LogP contribution in [0, 0.1) is 0 Å². The minimum atomic E-state index is 0.277. The van der Waals surface area contributed by atoms with E-state index in [4.69, 9.17) is 0 Å². The molecule has 1 aromatic rings. The number of piperidine rings is 2. The molecule has 0 N–H and O–H groups in total. The highest BCUT2D eigenvalue weighted by Crippen LogP contribution is 2.21. The zero-order chi connectivity index (χ0) is 17.6. The quantitative estimate of drug-likeness (QED) is 0.818. The summed E-state index contributed by atoms with van der Waals surface area (Å²) in [5, 5.41) is 0. The Labute approximate surface area is 152 Å². The van der Waals surface area contributed by atoms with Crippen molar-refractivity contribution in [2.75, 3.05) is 38.1 Å². The Morgan fingerprint density at radius 3 is 2.40 bits per heavy atom. The number of hydrogen-bond acceptors (Lipinski definition) is 3. The van der Waals surface area contributed by atoms with Crippen molar-refractivity contribution in [3.8, 4) is 0 Å². The van der Waals surface area contributed by atoms with Crippen molar-refractivity contribution >= 4 is 11.6 Å². The van der Waals surface area contributed by atoms with E-state index in [2.05, 4.69) is 45.9 Å². The predicted octanol–water partition coefficient (Wildman–Crippen LogP) is 3.51. The first-order valence-electron chi connectivity index (χ1n) is 9.95. The zero-order valence-corrected chi connectivity index (χ0v) is 15.9. The normalized spacial score (nSPS) is 21.6. The highest BCUT2D eigenvalue weighted by atomic mass is 16.2. The Bertz CT molecular complexity index is 551. The molecule has 2 heterocycles. The molecular weight excluding hydrogens is 310 g/mol. The lowest BCUT2D eigenvalue weighted by Crippen LogP contribution is -2.46. The summed E-state index contributed by atoms with van der Waals surface area (Å²) in [6.45, 7) is 6.81. The maximum absolute atomic E-state index is 12.5. The molecule has 0 spiro atoms. The summed E-state index contributed by atoms with van der Waals surface area (Å²) < 4.78 is 0. The second-order valence-electron chi connectivity index (χ2n) is 7.82. The van der Waals surface area contributed by atoms with Gasteiger partial charge in [-0.1, -0.05) is 12.1 Å². The van der Waals surface area contributed by atoms with E-state index in [1.807, 2.05) is 7.05 Å². The summed E-state index contributed by atoms with van der Waals surface area (Å²) in [5.74, 6) is 0.277. The molecule has 1 amide bonds. The third-order valence-electron chi connectivity index (χ3n) is 5.64. The fourth-order valence-corrected chi connectivity index (χ4v) is 4.12. The van der Waals surface area contributed by atoms with Crippen LogP contribution in [0.15, 0.2) is 24.3 Å². The Balaban J connectivity index is 1.50. The fourth-order valence-electron chi connectivity index (χ4n) is 4.12. The summed E-state index contributed by atoms with van der Waals surface area (Å²) in [6.07, 6.45) is 7.53. The van der Waals surface area contributed by atoms with Gasteiger partial charge in [-0.15, -0.1) is 0 Å². The minimum Gasteiger partial charge on any atom is -0.372 e. The first-order valence-corrected chi connectivity index (χ1v) is 9.95. The molecule has 0 aromatic heterocycles. The minimum absolute atomic E-state index is 0.277. The Morgan fingerprint density at radius 1 is 1.04 bits per heavy atom. The molecule has 1 atom stereocenters. The van der Waals surface area contributed by atoms with E-state index in [9.17, 15) is 4.79 Å². The van der Waals surface area contributed by atoms with Gasteiger partial charge in [0.25, 0.3) is 0 Å². The van der Waals surface area contributed by atoms with Crippen molar-refractivity contribution in [2.45, 2.75) is 58.0 Å². The summed E-state index contributed by atoms with van der Waals surface area (Å²) in [7, 11) is 2.05. The average molecular weight is 344 g/mol. The zero-order valence-electron chi connectivity index (χ0n) is 15.9. The van der Waals surface area contributed by atoms with Crippen LogP contribution in [-0.2, 0) is 11.3 Å². The average Bonchev–Trinajstić information content (AvgIpc) is 2.63. The van der Waals surface area contributed by atoms with E-state index in [-0.39, 0.29) is 5.91 Å². The number of nitrogens with zero attached hydrogens (tertiary/aromatic N) is 3. The number of rotatable bonds is 5. The van der Waals surface area contributed by atoms with Gasteiger partial charge in [0.15, 0.2) is 0 Å². The summed E-state index contributed by atoms with van der Waals surface area (Å²) in [6, 6.07) is 9.31. The van der Waals surface area contributed by atoms with Crippen LogP contribution in [0.3, 0.4) is 0 Å². The molecule has 3 rings (SSSR count). The van der Waals surface area contributed by atoms with Gasteiger partial charge in [0.2, 0.25) is 5.91 Å². The van der Waals surface area contributed by atoms with Crippen LogP contribution in [-0.4, -0.2) is 55.0 Å². The number of carbonyl (C=O) groups excluding carboxylic acids is 1. The van der Waals surface area contributed by atoms with E-state index in [1.165, 1.54) is 50.0 Å². The number of hydrogen-bond donors (Lipinski definition) is 0. The molecule has 0 aliphatic carbocycles.